The third-order valence-electron chi connectivity index (χ3n) is 2.81. The second kappa shape index (κ2) is 4.81. The number of benzene rings is 1. The third-order valence-corrected chi connectivity index (χ3v) is 2.81. The molecule has 0 aliphatic heterocycles. The summed E-state index contributed by atoms with van der Waals surface area (Å²) in [6.45, 7) is 9.02. The highest BCUT2D eigenvalue weighted by Gasteiger charge is 2.20. The Hall–Kier alpha value is -2.04. The fourth-order valence-electron chi connectivity index (χ4n) is 2.16. The van der Waals surface area contributed by atoms with Crippen molar-refractivity contribution in [3.63, 3.8) is 0 Å². The number of hydrogen-bond acceptors (Lipinski definition) is 4. The highest BCUT2D eigenvalue weighted by atomic mass is 16.6. The largest absolute Gasteiger partial charge is 0.459 e. The summed E-state index contributed by atoms with van der Waals surface area (Å²) in [4.78, 5) is 23.8. The van der Waals surface area contributed by atoms with Crippen molar-refractivity contribution in [2.24, 2.45) is 0 Å². The summed E-state index contributed by atoms with van der Waals surface area (Å²) in [5.41, 5.74) is 2.45. The van der Waals surface area contributed by atoms with Gasteiger partial charge in [0.05, 0.1) is 5.52 Å². The summed E-state index contributed by atoms with van der Waals surface area (Å²) >= 11 is 0. The summed E-state index contributed by atoms with van der Waals surface area (Å²) in [6, 6.07) is 3.76. The Labute approximate surface area is 117 Å². The molecule has 0 aliphatic carbocycles. The van der Waals surface area contributed by atoms with Gasteiger partial charge in [-0.2, -0.15) is 0 Å². The molecule has 20 heavy (non-hydrogen) atoms. The molecule has 2 aromatic rings. The Kier molecular flexibility index (Phi) is 3.46. The highest BCUT2D eigenvalue weighted by molar-refractivity contribution is 5.79. The van der Waals surface area contributed by atoms with Crippen LogP contribution < -0.4 is 5.76 Å². The predicted octanol–water partition coefficient (Wildman–Crippen LogP) is 2.55. The molecule has 0 saturated heterocycles. The number of esters is 1. The molecule has 1 heterocycles. The van der Waals surface area contributed by atoms with Gasteiger partial charge in [-0.05, 0) is 51.8 Å². The molecule has 5 nitrogen and oxygen atoms in total. The van der Waals surface area contributed by atoms with Gasteiger partial charge in [0.1, 0.15) is 12.1 Å². The molecule has 0 fully saturated rings. The van der Waals surface area contributed by atoms with Gasteiger partial charge in [0.25, 0.3) is 0 Å². The maximum atomic E-state index is 11.9. The zero-order chi connectivity index (χ0) is 15.1. The van der Waals surface area contributed by atoms with Crippen LogP contribution in [-0.4, -0.2) is 16.1 Å². The first-order valence-electron chi connectivity index (χ1n) is 6.50. The van der Waals surface area contributed by atoms with Crippen molar-refractivity contribution in [3.8, 4) is 0 Å². The van der Waals surface area contributed by atoms with Gasteiger partial charge in [0, 0.05) is 0 Å². The lowest BCUT2D eigenvalue weighted by Crippen LogP contribution is -2.29. The minimum Gasteiger partial charge on any atom is -0.459 e. The molecule has 2 rings (SSSR count). The molecule has 108 valence electrons. The summed E-state index contributed by atoms with van der Waals surface area (Å²) in [5.74, 6) is -0.999. The van der Waals surface area contributed by atoms with E-state index in [1.807, 2.05) is 26.0 Å². The molecule has 0 unspecified atom stereocenters. The van der Waals surface area contributed by atoms with E-state index < -0.39 is 17.3 Å². The number of aromatic nitrogens is 1. The SMILES string of the molecule is Cc1cc(C)c2oc(=O)n(CC(=O)OC(C)(C)C)c2c1. The van der Waals surface area contributed by atoms with E-state index in [1.54, 1.807) is 20.8 Å². The maximum Gasteiger partial charge on any atom is 0.420 e. The van der Waals surface area contributed by atoms with Crippen molar-refractivity contribution in [1.29, 1.82) is 0 Å². The fraction of sp³-hybridized carbons (Fsp3) is 0.467. The highest BCUT2D eigenvalue weighted by Crippen LogP contribution is 2.20. The van der Waals surface area contributed by atoms with Crippen LogP contribution in [-0.2, 0) is 16.1 Å². The van der Waals surface area contributed by atoms with Gasteiger partial charge in [0.15, 0.2) is 5.58 Å². The van der Waals surface area contributed by atoms with Gasteiger partial charge in [-0.25, -0.2) is 4.79 Å². The van der Waals surface area contributed by atoms with Crippen LogP contribution in [0.5, 0.6) is 0 Å². The van der Waals surface area contributed by atoms with Crippen molar-refractivity contribution >= 4 is 17.1 Å². The van der Waals surface area contributed by atoms with Crippen LogP contribution in [0.1, 0.15) is 31.9 Å². The zero-order valence-corrected chi connectivity index (χ0v) is 12.4. The molecule has 1 aromatic carbocycles. The number of carbonyl (C=O) groups excluding carboxylic acids is 1. The van der Waals surface area contributed by atoms with E-state index in [-0.39, 0.29) is 6.54 Å². The van der Waals surface area contributed by atoms with Crippen LogP contribution in [0, 0.1) is 13.8 Å². The number of carbonyl (C=O) groups is 1. The lowest BCUT2D eigenvalue weighted by Gasteiger charge is -2.19. The molecular weight excluding hydrogens is 258 g/mol. The molecule has 0 radical (unpaired) electrons. The summed E-state index contributed by atoms with van der Waals surface area (Å²) in [5, 5.41) is 0. The maximum absolute atomic E-state index is 11.9. The Bertz CT molecular complexity index is 716. The van der Waals surface area contributed by atoms with E-state index in [0.717, 1.165) is 11.1 Å². The lowest BCUT2D eigenvalue weighted by atomic mass is 10.1. The van der Waals surface area contributed by atoms with Gasteiger partial charge < -0.3 is 9.15 Å². The third kappa shape index (κ3) is 2.92. The summed E-state index contributed by atoms with van der Waals surface area (Å²) in [6.07, 6.45) is 0. The molecule has 0 amide bonds. The molecule has 1 aromatic heterocycles. The first-order chi connectivity index (χ1) is 9.17. The number of hydrogen-bond donors (Lipinski definition) is 0. The monoisotopic (exact) mass is 277 g/mol. The van der Waals surface area contributed by atoms with Crippen LogP contribution in [0.3, 0.4) is 0 Å². The number of oxazole rings is 1. The average Bonchev–Trinajstić information content (AvgIpc) is 2.54. The summed E-state index contributed by atoms with van der Waals surface area (Å²) in [7, 11) is 0. The predicted molar refractivity (Wildman–Crippen MR) is 75.8 cm³/mol. The van der Waals surface area contributed by atoms with Gasteiger partial charge in [-0.1, -0.05) is 6.07 Å². The Morgan fingerprint density at radius 3 is 2.55 bits per heavy atom. The first-order valence-corrected chi connectivity index (χ1v) is 6.50. The molecule has 5 heteroatoms. The number of fused-ring (bicyclic) bond motifs is 1. The molecule has 0 saturated carbocycles. The quantitative estimate of drug-likeness (QED) is 0.791. The van der Waals surface area contributed by atoms with Gasteiger partial charge in [0.2, 0.25) is 0 Å². The Morgan fingerprint density at radius 1 is 1.30 bits per heavy atom. The van der Waals surface area contributed by atoms with E-state index >= 15 is 0 Å². The van der Waals surface area contributed by atoms with Gasteiger partial charge in [-0.15, -0.1) is 0 Å². The minimum absolute atomic E-state index is 0.147. The van der Waals surface area contributed by atoms with E-state index in [2.05, 4.69) is 0 Å². The van der Waals surface area contributed by atoms with Crippen LogP contribution in [0.15, 0.2) is 21.3 Å². The van der Waals surface area contributed by atoms with E-state index in [0.29, 0.717) is 11.1 Å². The number of rotatable bonds is 2. The first kappa shape index (κ1) is 14.4. The standard InChI is InChI=1S/C15H19NO4/c1-9-6-10(2)13-11(7-9)16(14(18)19-13)8-12(17)20-15(3,4)5/h6-7H,8H2,1-5H3. The smallest absolute Gasteiger partial charge is 0.420 e. The average molecular weight is 277 g/mol. The molecule has 0 bridgehead atoms. The van der Waals surface area contributed by atoms with Crippen LogP contribution >= 0.6 is 0 Å². The number of aryl methyl sites for hydroxylation is 2. The minimum atomic E-state index is -0.577. The second-order valence-electron chi connectivity index (χ2n) is 5.97. The number of ether oxygens (including phenoxy) is 1. The van der Waals surface area contributed by atoms with E-state index in [4.69, 9.17) is 9.15 Å². The molecule has 0 atom stereocenters. The molecule has 0 aliphatic rings. The van der Waals surface area contributed by atoms with E-state index in [1.165, 1.54) is 4.57 Å². The normalized spacial score (nSPS) is 11.8. The Balaban J connectivity index is 2.42. The summed E-state index contributed by atoms with van der Waals surface area (Å²) < 4.78 is 11.8. The second-order valence-corrected chi connectivity index (χ2v) is 5.97. The van der Waals surface area contributed by atoms with Crippen molar-refractivity contribution in [3.05, 3.63) is 33.8 Å². The van der Waals surface area contributed by atoms with Crippen molar-refractivity contribution in [2.45, 2.75) is 46.8 Å². The number of nitrogens with zero attached hydrogens (tertiary/aromatic N) is 1. The van der Waals surface area contributed by atoms with Crippen molar-refractivity contribution in [1.82, 2.24) is 4.57 Å². The molecular formula is C15H19NO4. The van der Waals surface area contributed by atoms with Crippen molar-refractivity contribution < 1.29 is 13.9 Å². The molecule has 0 N–H and O–H groups in total. The topological polar surface area (TPSA) is 61.4 Å². The van der Waals surface area contributed by atoms with Crippen LogP contribution in [0.2, 0.25) is 0 Å². The zero-order valence-electron chi connectivity index (χ0n) is 12.4. The fourth-order valence-corrected chi connectivity index (χ4v) is 2.16. The van der Waals surface area contributed by atoms with E-state index in [9.17, 15) is 9.59 Å². The Morgan fingerprint density at radius 2 is 1.95 bits per heavy atom. The van der Waals surface area contributed by atoms with Gasteiger partial charge >= 0.3 is 11.7 Å². The lowest BCUT2D eigenvalue weighted by molar-refractivity contribution is -0.155. The van der Waals surface area contributed by atoms with Crippen LogP contribution in [0.4, 0.5) is 0 Å². The molecule has 0 spiro atoms. The van der Waals surface area contributed by atoms with Gasteiger partial charge in [-0.3, -0.25) is 9.36 Å². The van der Waals surface area contributed by atoms with Crippen molar-refractivity contribution in [2.75, 3.05) is 0 Å². The van der Waals surface area contributed by atoms with Crippen LogP contribution in [0.25, 0.3) is 11.1 Å².